The van der Waals surface area contributed by atoms with Gasteiger partial charge in [0.05, 0.1) is 0 Å². The molecule has 0 aromatic carbocycles. The standard InChI is InChI=1S/4FH.Li/h4*1H;/q;;;;+4/p-4. The first-order chi connectivity index (χ1) is 2.00. The van der Waals surface area contributed by atoms with E-state index in [4.69, 9.17) is 0 Å². The van der Waals surface area contributed by atoms with Gasteiger partial charge < -0.3 is 0 Å². The second kappa shape index (κ2) is 1.19. The van der Waals surface area contributed by atoms with Crippen molar-refractivity contribution in [3.05, 3.63) is 0 Å². The molecule has 5 heavy (non-hydrogen) atoms. The summed E-state index contributed by atoms with van der Waals surface area (Å²) >= 11 is -7.00. The van der Waals surface area contributed by atoms with Gasteiger partial charge in [0.2, 0.25) is 0 Å². The summed E-state index contributed by atoms with van der Waals surface area (Å²) in [7, 11) is 0. The Hall–Kier alpha value is 0.317. The van der Waals surface area contributed by atoms with Crippen LogP contribution in [0.2, 0.25) is 0 Å². The third-order valence-electron chi connectivity index (χ3n) is 0. The van der Waals surface area contributed by atoms with Crippen molar-refractivity contribution < 1.29 is 13.5 Å². The summed E-state index contributed by atoms with van der Waals surface area (Å²) in [5, 5.41) is 0. The average Bonchev–Trinajstić information content (AvgIpc) is 0.722. The van der Waals surface area contributed by atoms with Crippen LogP contribution in [0.1, 0.15) is 0 Å². The minimum absolute atomic E-state index is 7.00. The van der Waals surface area contributed by atoms with Gasteiger partial charge in [0.25, 0.3) is 0 Å². The second-order valence-electron chi connectivity index (χ2n) is 0.857. The molecule has 0 aromatic heterocycles. The van der Waals surface area contributed by atoms with E-state index in [-0.39, 0.29) is 0 Å². The fourth-order valence-electron chi connectivity index (χ4n) is 0. The zero-order valence-corrected chi connectivity index (χ0v) is 2.51. The SMILES string of the molecule is [F][Li]([F])([F])[F]. The second-order valence-corrected chi connectivity index (χ2v) is 0.857. The summed E-state index contributed by atoms with van der Waals surface area (Å²) in [5.41, 5.74) is 0. The van der Waals surface area contributed by atoms with E-state index in [0.29, 0.717) is 0 Å². The third kappa shape index (κ3) is 230. The van der Waals surface area contributed by atoms with Crippen LogP contribution >= 0.6 is 0 Å². The molecule has 0 nitrogen and oxygen atoms in total. The molecule has 0 saturated carbocycles. The molecule has 5 heteroatoms. The monoisotopic (exact) mass is 83.0 g/mol. The molecule has 0 rings (SSSR count). The van der Waals surface area contributed by atoms with Gasteiger partial charge in [-0.15, -0.1) is 0 Å². The van der Waals surface area contributed by atoms with Gasteiger partial charge in [0.1, 0.15) is 0 Å². The summed E-state index contributed by atoms with van der Waals surface area (Å²) in [6.45, 7) is 0. The molecular weight excluding hydrogens is 82.9 g/mol. The van der Waals surface area contributed by atoms with Crippen molar-refractivity contribution in [3.63, 3.8) is 0 Å². The molecule has 0 atom stereocenters. The van der Waals surface area contributed by atoms with Gasteiger partial charge in [-0.05, 0) is 0 Å². The van der Waals surface area contributed by atoms with Crippen LogP contribution in [0.4, 0.5) is 13.5 Å². The molecule has 0 fully saturated rings. The Kier molecular flexibility index (Phi) is 1.27. The zero-order chi connectivity index (χ0) is 4.50. The Bertz CT molecular complexity index is 19.1. The third-order valence-corrected chi connectivity index (χ3v) is 0. The molecule has 29 valence electrons. The van der Waals surface area contributed by atoms with E-state index in [1.54, 1.807) is 0 Å². The van der Waals surface area contributed by atoms with E-state index in [9.17, 15) is 13.5 Å². The average molecular weight is 82.9 g/mol. The molecule has 0 heterocycles. The normalized spacial score (nSPS) is 12.0. The van der Waals surface area contributed by atoms with Crippen LogP contribution in [-0.2, 0) is 0 Å². The van der Waals surface area contributed by atoms with Gasteiger partial charge >= 0.3 is 29.7 Å². The number of hydrogen-bond donors (Lipinski definition) is 0. The van der Waals surface area contributed by atoms with E-state index in [1.165, 1.54) is 0 Å². The first-order valence-electron chi connectivity index (χ1n) is 1.51. The molecule has 0 amide bonds. The first-order valence-corrected chi connectivity index (χ1v) is 1.51. The molecule has 0 unspecified atom stereocenters. The van der Waals surface area contributed by atoms with Crippen LogP contribution in [-0.4, -0.2) is 16.2 Å². The summed E-state index contributed by atoms with van der Waals surface area (Å²) in [6, 6.07) is 0. The molecule has 0 bridgehead atoms. The van der Waals surface area contributed by atoms with Crippen molar-refractivity contribution in [2.75, 3.05) is 0 Å². The summed E-state index contributed by atoms with van der Waals surface area (Å²) in [4.78, 5) is 0. The van der Waals surface area contributed by atoms with Gasteiger partial charge in [-0.25, -0.2) is 0 Å². The Labute approximate surface area is 30.6 Å². The molecule has 0 aromatic rings. The molecular formula is F4Li. The van der Waals surface area contributed by atoms with Crippen molar-refractivity contribution in [2.24, 2.45) is 0 Å². The first kappa shape index (κ1) is 5.32. The summed E-state index contributed by atoms with van der Waals surface area (Å²) in [5.74, 6) is 0. The minimum atomic E-state index is -7.00. The summed E-state index contributed by atoms with van der Waals surface area (Å²) in [6.07, 6.45) is 0. The van der Waals surface area contributed by atoms with Crippen LogP contribution in [0, 0.1) is 0 Å². The number of rotatable bonds is 0. The van der Waals surface area contributed by atoms with Crippen LogP contribution in [0.5, 0.6) is 0 Å². The Morgan fingerprint density at radius 1 is 0.800 bits per heavy atom. The molecule has 0 aliphatic carbocycles. The van der Waals surface area contributed by atoms with E-state index in [0.717, 1.165) is 0 Å². The number of hydrogen-bond acceptors (Lipinski definition) is 0. The predicted molar refractivity (Wildman–Crippen MR) is 10.2 cm³/mol. The Morgan fingerprint density at radius 3 is 0.800 bits per heavy atom. The topological polar surface area (TPSA) is 0 Å². The Balaban J connectivity index is 3.02. The van der Waals surface area contributed by atoms with Crippen LogP contribution in [0.3, 0.4) is 0 Å². The predicted octanol–water partition coefficient (Wildman–Crippen LogP) is 1.30. The van der Waals surface area contributed by atoms with Crippen molar-refractivity contribution in [1.29, 1.82) is 0 Å². The van der Waals surface area contributed by atoms with Crippen molar-refractivity contribution in [1.82, 2.24) is 0 Å². The number of halogens is 4. The van der Waals surface area contributed by atoms with Gasteiger partial charge in [-0.1, -0.05) is 0 Å². The maximum atomic E-state index is 9.88. The quantitative estimate of drug-likeness (QED) is 0.306. The molecule has 0 spiro atoms. The molecule has 0 aliphatic heterocycles. The van der Waals surface area contributed by atoms with Crippen molar-refractivity contribution in [2.45, 2.75) is 0 Å². The van der Waals surface area contributed by atoms with Gasteiger partial charge in [-0.2, -0.15) is 0 Å². The van der Waals surface area contributed by atoms with Crippen LogP contribution in [0.15, 0.2) is 0 Å². The molecule has 0 aliphatic rings. The molecule has 0 N–H and O–H groups in total. The van der Waals surface area contributed by atoms with E-state index in [2.05, 4.69) is 0 Å². The van der Waals surface area contributed by atoms with Gasteiger partial charge in [-0.3, -0.25) is 0 Å². The Morgan fingerprint density at radius 2 is 0.800 bits per heavy atom. The van der Waals surface area contributed by atoms with Crippen LogP contribution in [0.25, 0.3) is 0 Å². The van der Waals surface area contributed by atoms with Gasteiger partial charge in [0.15, 0.2) is 0 Å². The van der Waals surface area contributed by atoms with Crippen molar-refractivity contribution in [3.8, 4) is 0 Å². The zero-order valence-electron chi connectivity index (χ0n) is 2.51. The van der Waals surface area contributed by atoms with Crippen molar-refractivity contribution >= 4 is 16.2 Å². The fraction of sp³-hybridized carbons (Fsp3) is 0. The van der Waals surface area contributed by atoms with E-state index >= 15 is 0 Å². The van der Waals surface area contributed by atoms with E-state index in [1.807, 2.05) is 0 Å². The van der Waals surface area contributed by atoms with Gasteiger partial charge in [0, 0.05) is 0 Å². The molecule has 0 saturated heterocycles. The van der Waals surface area contributed by atoms with E-state index < -0.39 is 16.2 Å². The van der Waals surface area contributed by atoms with Crippen LogP contribution < -0.4 is 0 Å². The fourth-order valence-corrected chi connectivity index (χ4v) is 0. The maximum absolute atomic E-state index is 9.88. The molecule has 3 radical (unpaired) electrons. The summed E-state index contributed by atoms with van der Waals surface area (Å²) < 4.78 is 39.5.